The highest BCUT2D eigenvalue weighted by molar-refractivity contribution is 5.89. The van der Waals surface area contributed by atoms with Gasteiger partial charge in [0.2, 0.25) is 0 Å². The molecule has 4 nitrogen and oxygen atoms in total. The molecule has 2 atom stereocenters. The van der Waals surface area contributed by atoms with Crippen molar-refractivity contribution in [1.82, 2.24) is 10.6 Å². The van der Waals surface area contributed by atoms with Crippen LogP contribution >= 0.6 is 0 Å². The van der Waals surface area contributed by atoms with E-state index in [9.17, 15) is 9.18 Å². The number of urea groups is 1. The number of amides is 2. The fourth-order valence-electron chi connectivity index (χ4n) is 3.19. The zero-order chi connectivity index (χ0) is 17.5. The normalized spacial score (nSPS) is 20.0. The minimum atomic E-state index is -0.189. The number of anilines is 1. The number of nitrogens with one attached hydrogen (secondary N) is 3. The number of halogens is 1. The number of carbonyl (C=O) groups excluding carboxylic acids is 1. The van der Waals surface area contributed by atoms with Crippen molar-refractivity contribution >= 4 is 11.7 Å². The summed E-state index contributed by atoms with van der Waals surface area (Å²) in [6, 6.07) is 16.3. The Labute approximate surface area is 147 Å². The van der Waals surface area contributed by atoms with E-state index in [4.69, 9.17) is 0 Å². The second-order valence-electron chi connectivity index (χ2n) is 6.58. The van der Waals surface area contributed by atoms with Crippen LogP contribution in [0.15, 0.2) is 54.6 Å². The summed E-state index contributed by atoms with van der Waals surface area (Å²) in [5.74, 6) is 0.366. The van der Waals surface area contributed by atoms with Crippen molar-refractivity contribution in [3.05, 3.63) is 66.0 Å². The molecule has 5 heteroatoms. The summed E-state index contributed by atoms with van der Waals surface area (Å²) in [6.07, 6.45) is 3.09. The van der Waals surface area contributed by atoms with Crippen molar-refractivity contribution in [3.63, 3.8) is 0 Å². The lowest BCUT2D eigenvalue weighted by atomic mass is 9.89. The van der Waals surface area contributed by atoms with E-state index >= 15 is 0 Å². The molecule has 0 bridgehead atoms. The van der Waals surface area contributed by atoms with E-state index in [2.05, 4.69) is 16.0 Å². The fourth-order valence-corrected chi connectivity index (χ4v) is 3.19. The predicted octanol–water partition coefficient (Wildman–Crippen LogP) is 3.56. The molecule has 0 saturated carbocycles. The molecular formula is C20H24FN3O. The topological polar surface area (TPSA) is 53.2 Å². The molecule has 1 heterocycles. The number of benzene rings is 2. The average Bonchev–Trinajstić information content (AvgIpc) is 2.64. The van der Waals surface area contributed by atoms with Crippen LogP contribution in [0.5, 0.6) is 0 Å². The molecule has 1 aliphatic heterocycles. The summed E-state index contributed by atoms with van der Waals surface area (Å²) in [6.45, 7) is 1.53. The van der Waals surface area contributed by atoms with Crippen LogP contribution in [0.25, 0.3) is 0 Å². The summed E-state index contributed by atoms with van der Waals surface area (Å²) in [5, 5.41) is 9.24. The molecule has 2 aromatic rings. The molecule has 25 heavy (non-hydrogen) atoms. The van der Waals surface area contributed by atoms with Crippen LogP contribution in [0.3, 0.4) is 0 Å². The average molecular weight is 341 g/mol. The van der Waals surface area contributed by atoms with E-state index in [0.717, 1.165) is 31.5 Å². The molecule has 0 spiro atoms. The molecule has 0 aromatic heterocycles. The van der Waals surface area contributed by atoms with Gasteiger partial charge in [-0.3, -0.25) is 0 Å². The summed E-state index contributed by atoms with van der Waals surface area (Å²) in [7, 11) is 0. The lowest BCUT2D eigenvalue weighted by molar-refractivity contribution is 0.247. The number of carbonyl (C=O) groups is 1. The second-order valence-corrected chi connectivity index (χ2v) is 6.58. The minimum absolute atomic E-state index is 0.179. The number of rotatable bonds is 5. The Bertz CT molecular complexity index is 667. The molecule has 1 fully saturated rings. The maximum atomic E-state index is 13.0. The van der Waals surface area contributed by atoms with Crippen molar-refractivity contribution in [2.75, 3.05) is 18.4 Å². The second kappa shape index (κ2) is 8.62. The van der Waals surface area contributed by atoms with Crippen molar-refractivity contribution in [2.45, 2.75) is 25.3 Å². The molecule has 3 rings (SSSR count). The van der Waals surface area contributed by atoms with E-state index in [-0.39, 0.29) is 11.8 Å². The Kier molecular flexibility index (Phi) is 6.01. The summed E-state index contributed by atoms with van der Waals surface area (Å²) < 4.78 is 13.0. The smallest absolute Gasteiger partial charge is 0.319 e. The van der Waals surface area contributed by atoms with E-state index in [1.807, 2.05) is 42.5 Å². The number of hydrogen-bond acceptors (Lipinski definition) is 2. The van der Waals surface area contributed by atoms with Crippen LogP contribution in [0, 0.1) is 11.7 Å². The maximum Gasteiger partial charge on any atom is 0.319 e. The van der Waals surface area contributed by atoms with Crippen LogP contribution in [0.4, 0.5) is 14.9 Å². The van der Waals surface area contributed by atoms with Gasteiger partial charge >= 0.3 is 6.03 Å². The highest BCUT2D eigenvalue weighted by Crippen LogP contribution is 2.19. The first kappa shape index (κ1) is 17.4. The van der Waals surface area contributed by atoms with Gasteiger partial charge in [-0.15, -0.1) is 0 Å². The maximum absolute atomic E-state index is 13.0. The van der Waals surface area contributed by atoms with Gasteiger partial charge in [-0.25, -0.2) is 9.18 Å². The van der Waals surface area contributed by atoms with Gasteiger partial charge in [0.1, 0.15) is 5.82 Å². The first-order valence-corrected chi connectivity index (χ1v) is 8.77. The molecule has 0 aliphatic carbocycles. The number of para-hydroxylation sites is 1. The third-order valence-electron chi connectivity index (χ3n) is 4.60. The number of hydrogen-bond donors (Lipinski definition) is 3. The third kappa shape index (κ3) is 5.57. The van der Waals surface area contributed by atoms with Crippen LogP contribution in [-0.2, 0) is 6.42 Å². The Balaban J connectivity index is 1.36. The van der Waals surface area contributed by atoms with E-state index in [1.165, 1.54) is 17.7 Å². The van der Waals surface area contributed by atoms with Gasteiger partial charge in [-0.2, -0.15) is 0 Å². The van der Waals surface area contributed by atoms with Gasteiger partial charge in [0, 0.05) is 18.3 Å². The van der Waals surface area contributed by atoms with Crippen molar-refractivity contribution in [2.24, 2.45) is 5.92 Å². The lowest BCUT2D eigenvalue weighted by Crippen LogP contribution is -2.47. The van der Waals surface area contributed by atoms with E-state index in [1.54, 1.807) is 0 Å². The molecule has 2 aromatic carbocycles. The zero-order valence-corrected chi connectivity index (χ0v) is 14.2. The number of piperidine rings is 1. The first-order valence-electron chi connectivity index (χ1n) is 8.77. The van der Waals surface area contributed by atoms with Gasteiger partial charge in [0.05, 0.1) is 0 Å². The Hall–Kier alpha value is -2.40. The van der Waals surface area contributed by atoms with Gasteiger partial charge in [-0.1, -0.05) is 30.3 Å². The van der Waals surface area contributed by atoms with Crippen LogP contribution in [0.1, 0.15) is 18.4 Å². The van der Waals surface area contributed by atoms with Crippen molar-refractivity contribution < 1.29 is 9.18 Å². The molecule has 0 radical (unpaired) electrons. The summed E-state index contributed by atoms with van der Waals surface area (Å²) >= 11 is 0. The molecule has 2 amide bonds. The van der Waals surface area contributed by atoms with Gasteiger partial charge in [0.25, 0.3) is 0 Å². The zero-order valence-electron chi connectivity index (χ0n) is 14.2. The fraction of sp³-hybridized carbons (Fsp3) is 0.350. The first-order chi connectivity index (χ1) is 12.2. The molecular weight excluding hydrogens is 317 g/mol. The van der Waals surface area contributed by atoms with E-state index < -0.39 is 0 Å². The van der Waals surface area contributed by atoms with Crippen molar-refractivity contribution in [1.29, 1.82) is 0 Å². The Morgan fingerprint density at radius 3 is 2.52 bits per heavy atom. The van der Waals surface area contributed by atoms with E-state index in [0.29, 0.717) is 18.5 Å². The largest absolute Gasteiger partial charge is 0.336 e. The molecule has 0 unspecified atom stereocenters. The molecule has 1 aliphatic rings. The van der Waals surface area contributed by atoms with Crippen LogP contribution < -0.4 is 16.0 Å². The van der Waals surface area contributed by atoms with Gasteiger partial charge in [-0.05, 0) is 61.6 Å². The Morgan fingerprint density at radius 1 is 1.08 bits per heavy atom. The highest BCUT2D eigenvalue weighted by Gasteiger charge is 2.21. The monoisotopic (exact) mass is 341 g/mol. The predicted molar refractivity (Wildman–Crippen MR) is 98.1 cm³/mol. The summed E-state index contributed by atoms with van der Waals surface area (Å²) in [5.41, 5.74) is 1.96. The molecule has 1 saturated heterocycles. The van der Waals surface area contributed by atoms with Gasteiger partial charge < -0.3 is 16.0 Å². The van der Waals surface area contributed by atoms with Gasteiger partial charge in [0.15, 0.2) is 0 Å². The van der Waals surface area contributed by atoms with Crippen LogP contribution in [-0.4, -0.2) is 25.2 Å². The van der Waals surface area contributed by atoms with Crippen molar-refractivity contribution in [3.8, 4) is 0 Å². The molecule has 3 N–H and O–H groups in total. The quantitative estimate of drug-likeness (QED) is 0.779. The van der Waals surface area contributed by atoms with Crippen LogP contribution in [0.2, 0.25) is 0 Å². The third-order valence-corrected chi connectivity index (χ3v) is 4.60. The minimum Gasteiger partial charge on any atom is -0.336 e. The summed E-state index contributed by atoms with van der Waals surface area (Å²) in [4.78, 5) is 11.9. The standard InChI is InChI=1S/C20H24FN3O/c21-17-9-6-15(7-10-17)12-16-8-11-19(22-13-16)14-23-20(25)24-18-4-2-1-3-5-18/h1-7,9-10,16,19,22H,8,11-14H2,(H2,23,24,25)/t16-,19+/m0/s1. The highest BCUT2D eigenvalue weighted by atomic mass is 19.1. The molecule has 132 valence electrons. The lowest BCUT2D eigenvalue weighted by Gasteiger charge is -2.30. The SMILES string of the molecule is O=C(NC[C@H]1CC[C@@H](Cc2ccc(F)cc2)CN1)Nc1ccccc1. The Morgan fingerprint density at radius 2 is 1.84 bits per heavy atom.